The third kappa shape index (κ3) is 7.28. The van der Waals surface area contributed by atoms with Crippen LogP contribution in [0.3, 0.4) is 0 Å². The molecule has 1 unspecified atom stereocenters. The van der Waals surface area contributed by atoms with Gasteiger partial charge in [-0.2, -0.15) is 4.72 Å². The number of carbonyl (C=O) groups excluding carboxylic acids is 2. The van der Waals surface area contributed by atoms with Gasteiger partial charge in [0.1, 0.15) is 23.7 Å². The highest BCUT2D eigenvalue weighted by Crippen LogP contribution is 2.30. The monoisotopic (exact) mass is 625 g/mol. The first kappa shape index (κ1) is 32.7. The Kier molecular flexibility index (Phi) is 10.1. The number of pyridine rings is 1. The van der Waals surface area contributed by atoms with Gasteiger partial charge in [0.05, 0.1) is 18.4 Å². The minimum atomic E-state index is -4.37. The van der Waals surface area contributed by atoms with E-state index in [1.807, 2.05) is 6.07 Å². The highest BCUT2D eigenvalue weighted by Gasteiger charge is 2.34. The molecule has 0 aliphatic carbocycles. The number of piperidine rings is 1. The molecule has 5 N–H and O–H groups in total. The van der Waals surface area contributed by atoms with Crippen LogP contribution in [0, 0.1) is 20.8 Å². The number of aliphatic carboxylic acids is 1. The summed E-state index contributed by atoms with van der Waals surface area (Å²) in [6.07, 6.45) is 3.50. The Morgan fingerprint density at radius 3 is 2.41 bits per heavy atom. The molecule has 44 heavy (non-hydrogen) atoms. The number of aromatic nitrogens is 1. The number of amides is 2. The normalized spacial score (nSPS) is 15.0. The van der Waals surface area contributed by atoms with Crippen LogP contribution in [0.1, 0.15) is 47.9 Å². The lowest BCUT2D eigenvalue weighted by atomic mass is 10.00. The quantitative estimate of drug-likeness (QED) is 0.249. The first-order chi connectivity index (χ1) is 20.8. The second-order valence-electron chi connectivity index (χ2n) is 11.1. The topological polar surface area (TPSA) is 181 Å². The number of anilines is 1. The van der Waals surface area contributed by atoms with E-state index in [0.717, 1.165) is 35.6 Å². The maximum atomic E-state index is 13.7. The average Bonchev–Trinajstić information content (AvgIpc) is 2.98. The molecule has 3 aromatic rings. The number of carbonyl (C=O) groups is 3. The highest BCUT2D eigenvalue weighted by molar-refractivity contribution is 7.89. The van der Waals surface area contributed by atoms with Crippen LogP contribution in [0.2, 0.25) is 0 Å². The Morgan fingerprint density at radius 1 is 1.05 bits per heavy atom. The molecule has 1 fully saturated rings. The van der Waals surface area contributed by atoms with Gasteiger partial charge < -0.3 is 25.8 Å². The lowest BCUT2D eigenvalue weighted by Gasteiger charge is -2.31. The van der Waals surface area contributed by atoms with E-state index in [9.17, 15) is 27.9 Å². The van der Waals surface area contributed by atoms with Gasteiger partial charge in [0.25, 0.3) is 0 Å². The molecule has 0 saturated carbocycles. The number of hydrogen-bond donors (Lipinski definition) is 4. The third-order valence-corrected chi connectivity index (χ3v) is 9.80. The van der Waals surface area contributed by atoms with Crippen molar-refractivity contribution in [1.29, 1.82) is 0 Å². The lowest BCUT2D eigenvalue weighted by molar-refractivity contribution is -0.140. The van der Waals surface area contributed by atoms with E-state index in [0.29, 0.717) is 41.3 Å². The van der Waals surface area contributed by atoms with Crippen molar-refractivity contribution in [1.82, 2.24) is 19.9 Å². The molecule has 0 bridgehead atoms. The number of methoxy groups -OCH3 is 1. The largest absolute Gasteiger partial charge is 0.496 e. The van der Waals surface area contributed by atoms with Crippen molar-refractivity contribution in [3.63, 3.8) is 0 Å². The van der Waals surface area contributed by atoms with E-state index in [-0.39, 0.29) is 17.2 Å². The Bertz CT molecular complexity index is 1690. The van der Waals surface area contributed by atoms with Gasteiger partial charge in [0.2, 0.25) is 21.8 Å². The zero-order chi connectivity index (χ0) is 32.2. The summed E-state index contributed by atoms with van der Waals surface area (Å²) in [5, 5.41) is 13.8. The summed E-state index contributed by atoms with van der Waals surface area (Å²) >= 11 is 0. The molecular weight excluding hydrogens is 586 g/mol. The first-order valence-corrected chi connectivity index (χ1v) is 15.9. The number of sulfonamides is 1. The van der Waals surface area contributed by atoms with E-state index in [2.05, 4.69) is 15.0 Å². The fourth-order valence-electron chi connectivity index (χ4n) is 5.68. The molecule has 2 amide bonds. The van der Waals surface area contributed by atoms with Gasteiger partial charge in [-0.05, 0) is 79.8 Å². The predicted molar refractivity (Wildman–Crippen MR) is 166 cm³/mol. The summed E-state index contributed by atoms with van der Waals surface area (Å²) < 4.78 is 34.9. The van der Waals surface area contributed by atoms with Gasteiger partial charge in [-0.1, -0.05) is 18.2 Å². The van der Waals surface area contributed by atoms with Crippen LogP contribution in [0.5, 0.6) is 5.75 Å². The van der Waals surface area contributed by atoms with Crippen molar-refractivity contribution in [2.45, 2.75) is 69.9 Å². The second kappa shape index (κ2) is 13.6. The number of nitrogens with two attached hydrogens (primary N) is 1. The van der Waals surface area contributed by atoms with E-state index >= 15 is 0 Å². The van der Waals surface area contributed by atoms with E-state index in [1.54, 1.807) is 56.1 Å². The molecule has 13 heteroatoms. The lowest BCUT2D eigenvalue weighted by Crippen LogP contribution is -2.56. The minimum Gasteiger partial charge on any atom is -0.496 e. The van der Waals surface area contributed by atoms with Gasteiger partial charge in [-0.15, -0.1) is 0 Å². The first-order valence-electron chi connectivity index (χ1n) is 14.4. The molecule has 2 atom stereocenters. The zero-order valence-corrected chi connectivity index (χ0v) is 26.2. The molecule has 2 aromatic carbocycles. The molecule has 0 radical (unpaired) electrons. The molecule has 1 saturated heterocycles. The molecule has 1 aromatic heterocycles. The number of nitrogens with one attached hydrogen (secondary N) is 2. The fraction of sp³-hybridized carbons (Fsp3) is 0.419. The standard InChI is InChI=1S/C31H39N5O7S/c1-18-14-26(43-4)19(2)20(3)28(18)44(41,42)35-24(17-27(37)38)30(39)34-25(31(40)36-12-6-5-7-13-36)16-21-8-9-23-22(15-21)10-11-33-29(23)32/h8-11,14-15,24-25,35H,5-7,12-13,16-17H2,1-4H3,(H2,32,33)(H,34,39)(H,37,38)/t24-,25?/m0/s1. The number of fused-ring (bicyclic) bond motifs is 1. The number of benzene rings is 2. The molecule has 1 aliphatic rings. The number of carboxylic acid groups (broad SMARTS) is 1. The van der Waals surface area contributed by atoms with Crippen molar-refractivity contribution in [3.05, 3.63) is 58.8 Å². The summed E-state index contributed by atoms with van der Waals surface area (Å²) in [6, 6.07) is 6.05. The van der Waals surface area contributed by atoms with Gasteiger partial charge in [-0.3, -0.25) is 14.4 Å². The van der Waals surface area contributed by atoms with Crippen LogP contribution >= 0.6 is 0 Å². The summed E-state index contributed by atoms with van der Waals surface area (Å²) in [4.78, 5) is 44.9. The predicted octanol–water partition coefficient (Wildman–Crippen LogP) is 2.61. The Labute approximate surface area is 257 Å². The number of carboxylic acids is 1. The minimum absolute atomic E-state index is 0.0649. The smallest absolute Gasteiger partial charge is 0.305 e. The van der Waals surface area contributed by atoms with Crippen molar-refractivity contribution in [3.8, 4) is 5.75 Å². The van der Waals surface area contributed by atoms with Crippen molar-refractivity contribution in [2.24, 2.45) is 0 Å². The number of aryl methyl sites for hydroxylation is 1. The maximum absolute atomic E-state index is 13.7. The molecule has 12 nitrogen and oxygen atoms in total. The van der Waals surface area contributed by atoms with Crippen LogP contribution in [-0.2, 0) is 30.8 Å². The van der Waals surface area contributed by atoms with Gasteiger partial charge in [0.15, 0.2) is 0 Å². The Morgan fingerprint density at radius 2 is 1.75 bits per heavy atom. The summed E-state index contributed by atoms with van der Waals surface area (Å²) in [7, 11) is -2.89. The van der Waals surface area contributed by atoms with Crippen LogP contribution < -0.4 is 20.5 Å². The third-order valence-electron chi connectivity index (χ3n) is 8.04. The molecule has 2 heterocycles. The van der Waals surface area contributed by atoms with Crippen molar-refractivity contribution < 1.29 is 32.6 Å². The van der Waals surface area contributed by atoms with Crippen LogP contribution in [0.4, 0.5) is 5.82 Å². The van der Waals surface area contributed by atoms with Gasteiger partial charge >= 0.3 is 5.97 Å². The number of hydrogen-bond acceptors (Lipinski definition) is 8. The molecule has 0 spiro atoms. The van der Waals surface area contributed by atoms with E-state index in [4.69, 9.17) is 10.5 Å². The number of likely N-dealkylation sites (tertiary alicyclic amines) is 1. The Hall–Kier alpha value is -4.23. The summed E-state index contributed by atoms with van der Waals surface area (Å²) in [5.74, 6) is -1.75. The molecule has 4 rings (SSSR count). The second-order valence-corrected chi connectivity index (χ2v) is 12.8. The highest BCUT2D eigenvalue weighted by atomic mass is 32.2. The van der Waals surface area contributed by atoms with Crippen LogP contribution in [-0.4, -0.2) is 73.5 Å². The van der Waals surface area contributed by atoms with E-state index < -0.39 is 40.4 Å². The van der Waals surface area contributed by atoms with Crippen molar-refractivity contribution in [2.75, 3.05) is 25.9 Å². The SMILES string of the molecule is COc1cc(C)c(S(=O)(=O)N[C@@H](CC(=O)O)C(=O)NC(Cc2ccc3c(N)nccc3c2)C(=O)N2CCCCC2)c(C)c1C. The number of nitrogen functional groups attached to an aromatic ring is 1. The molecule has 236 valence electrons. The number of rotatable bonds is 11. The van der Waals surface area contributed by atoms with E-state index in [1.165, 1.54) is 7.11 Å². The Balaban J connectivity index is 1.65. The number of ether oxygens (including phenoxy) is 1. The average molecular weight is 626 g/mol. The fourth-order valence-corrected chi connectivity index (χ4v) is 7.40. The molecular formula is C31H39N5O7S. The van der Waals surface area contributed by atoms with Gasteiger partial charge in [0, 0.05) is 31.1 Å². The van der Waals surface area contributed by atoms with Crippen LogP contribution in [0.25, 0.3) is 10.8 Å². The summed E-state index contributed by atoms with van der Waals surface area (Å²) in [5.41, 5.74) is 8.10. The van der Waals surface area contributed by atoms with Gasteiger partial charge in [-0.25, -0.2) is 13.4 Å². The number of nitrogens with zero attached hydrogens (tertiary/aromatic N) is 2. The van der Waals surface area contributed by atoms with Crippen LogP contribution in [0.15, 0.2) is 41.4 Å². The summed E-state index contributed by atoms with van der Waals surface area (Å²) in [6.45, 7) is 5.99. The molecule has 1 aliphatic heterocycles. The maximum Gasteiger partial charge on any atom is 0.305 e. The van der Waals surface area contributed by atoms with Crippen molar-refractivity contribution >= 4 is 44.4 Å². The zero-order valence-electron chi connectivity index (χ0n) is 25.3.